The molecule has 5 heterocycles. The van der Waals surface area contributed by atoms with Crippen molar-refractivity contribution in [2.24, 2.45) is 0 Å². The van der Waals surface area contributed by atoms with E-state index in [2.05, 4.69) is 113 Å². The molecule has 0 spiro atoms. The van der Waals surface area contributed by atoms with E-state index in [9.17, 15) is 0 Å². The van der Waals surface area contributed by atoms with Gasteiger partial charge in [-0.25, -0.2) is 14.4 Å². The zero-order valence-corrected chi connectivity index (χ0v) is 29.8. The second-order valence-electron chi connectivity index (χ2n) is 14.8. The van der Waals surface area contributed by atoms with Crippen molar-refractivity contribution in [2.45, 2.75) is 25.4 Å². The molecule has 0 bridgehead atoms. The molecule has 1 unspecified atom stereocenters. The van der Waals surface area contributed by atoms with Gasteiger partial charge in [-0.1, -0.05) is 98.8 Å². The fourth-order valence-electron chi connectivity index (χ4n) is 9.08. The van der Waals surface area contributed by atoms with E-state index in [1.807, 2.05) is 79.3 Å². The maximum absolute atomic E-state index is 17.1. The van der Waals surface area contributed by atoms with E-state index in [-0.39, 0.29) is 0 Å². The van der Waals surface area contributed by atoms with E-state index in [1.54, 1.807) is 0 Å². The van der Waals surface area contributed by atoms with Gasteiger partial charge in [0.2, 0.25) is 0 Å². The lowest BCUT2D eigenvalue weighted by atomic mass is 9.71. The quantitative estimate of drug-likeness (QED) is 0.172. The minimum absolute atomic E-state index is 0.429. The van der Waals surface area contributed by atoms with Crippen molar-refractivity contribution >= 4 is 66.3 Å². The second-order valence-corrected chi connectivity index (χ2v) is 14.8. The van der Waals surface area contributed by atoms with Crippen molar-refractivity contribution in [3.8, 4) is 5.69 Å². The Morgan fingerprint density at radius 1 is 0.574 bits per heavy atom. The third-order valence-electron chi connectivity index (χ3n) is 11.5. The molecule has 1 aliphatic rings. The molecule has 10 aromatic rings. The molecule has 6 aromatic carbocycles. The van der Waals surface area contributed by atoms with Crippen LogP contribution in [-0.4, -0.2) is 18.9 Å². The Kier molecular flexibility index (Phi) is 6.48. The lowest BCUT2D eigenvalue weighted by Gasteiger charge is -2.42. The number of halogens is 1. The number of pyridine rings is 2. The molecule has 54 heavy (non-hydrogen) atoms. The number of para-hydroxylation sites is 3. The van der Waals surface area contributed by atoms with Crippen LogP contribution in [0.2, 0.25) is 0 Å². The van der Waals surface area contributed by atoms with Crippen LogP contribution in [0.1, 0.15) is 42.3 Å². The molecule has 0 radical (unpaired) electrons. The van der Waals surface area contributed by atoms with E-state index in [0.29, 0.717) is 11.1 Å². The Hall–Kier alpha value is -6.79. The smallest absolute Gasteiger partial charge is 0.150 e. The minimum Gasteiger partial charge on any atom is -0.309 e. The SMILES string of the molecule is CC1(C)c2ccc(C(F)c3ccc4c5ccccc5n5ccnc5c4c3)cc2N(c2ccccn2)c2ccc3c(c21)c1ccccc1n3-c1ccccc1. The molecule has 0 amide bonds. The topological polar surface area (TPSA) is 38.4 Å². The van der Waals surface area contributed by atoms with Gasteiger partial charge in [-0.2, -0.15) is 0 Å². The average Bonchev–Trinajstić information content (AvgIpc) is 3.85. The van der Waals surface area contributed by atoms with Crippen LogP contribution in [0, 0.1) is 0 Å². The first-order valence-electron chi connectivity index (χ1n) is 18.4. The van der Waals surface area contributed by atoms with Crippen LogP contribution in [0.5, 0.6) is 0 Å². The van der Waals surface area contributed by atoms with Crippen molar-refractivity contribution in [3.05, 3.63) is 186 Å². The summed E-state index contributed by atoms with van der Waals surface area (Å²) in [5.74, 6) is 0.786. The van der Waals surface area contributed by atoms with Crippen LogP contribution in [0.4, 0.5) is 21.6 Å². The number of aromatic nitrogens is 4. The molecule has 6 heteroatoms. The zero-order chi connectivity index (χ0) is 36.1. The molecule has 0 fully saturated rings. The number of hydrogen-bond donors (Lipinski definition) is 0. The highest BCUT2D eigenvalue weighted by Gasteiger charge is 2.40. The van der Waals surface area contributed by atoms with Crippen molar-refractivity contribution in [1.29, 1.82) is 0 Å². The number of rotatable bonds is 4. The van der Waals surface area contributed by atoms with E-state index >= 15 is 4.39 Å². The Morgan fingerprint density at radius 3 is 2.15 bits per heavy atom. The van der Waals surface area contributed by atoms with Crippen LogP contribution in [-0.2, 0) is 5.41 Å². The minimum atomic E-state index is -1.36. The Balaban J connectivity index is 1.12. The summed E-state index contributed by atoms with van der Waals surface area (Å²) < 4.78 is 21.6. The van der Waals surface area contributed by atoms with Crippen molar-refractivity contribution < 1.29 is 4.39 Å². The molecule has 1 atom stereocenters. The van der Waals surface area contributed by atoms with Gasteiger partial charge >= 0.3 is 0 Å². The summed E-state index contributed by atoms with van der Waals surface area (Å²) in [7, 11) is 0. The summed E-state index contributed by atoms with van der Waals surface area (Å²) in [6.45, 7) is 4.59. The largest absolute Gasteiger partial charge is 0.309 e. The Labute approximate surface area is 311 Å². The van der Waals surface area contributed by atoms with Gasteiger partial charge in [-0.15, -0.1) is 0 Å². The molecule has 0 aliphatic carbocycles. The van der Waals surface area contributed by atoms with Crippen LogP contribution in [0.15, 0.2) is 164 Å². The lowest BCUT2D eigenvalue weighted by molar-refractivity contribution is 0.402. The first-order chi connectivity index (χ1) is 26.5. The van der Waals surface area contributed by atoms with Crippen LogP contribution in [0.25, 0.3) is 54.8 Å². The highest BCUT2D eigenvalue weighted by Crippen LogP contribution is 2.55. The molecule has 0 saturated carbocycles. The normalized spacial score (nSPS) is 14.2. The third-order valence-corrected chi connectivity index (χ3v) is 11.5. The summed E-state index contributed by atoms with van der Waals surface area (Å²) in [6, 6.07) is 50.0. The van der Waals surface area contributed by atoms with E-state index < -0.39 is 11.6 Å². The third kappa shape index (κ3) is 4.25. The number of anilines is 3. The predicted molar refractivity (Wildman–Crippen MR) is 219 cm³/mol. The highest BCUT2D eigenvalue weighted by molar-refractivity contribution is 6.14. The number of fused-ring (bicyclic) bond motifs is 12. The maximum Gasteiger partial charge on any atom is 0.150 e. The van der Waals surface area contributed by atoms with Gasteiger partial charge in [0.1, 0.15) is 11.5 Å². The molecule has 11 rings (SSSR count). The van der Waals surface area contributed by atoms with Crippen LogP contribution < -0.4 is 4.90 Å². The summed E-state index contributed by atoms with van der Waals surface area (Å²) >= 11 is 0. The van der Waals surface area contributed by atoms with Gasteiger partial charge in [0.25, 0.3) is 0 Å². The Bertz CT molecular complexity index is 3110. The molecule has 258 valence electrons. The molecule has 0 N–H and O–H groups in total. The van der Waals surface area contributed by atoms with Gasteiger partial charge in [0, 0.05) is 51.2 Å². The highest BCUT2D eigenvalue weighted by atomic mass is 19.1. The standard InChI is InChI=1S/C48H34FN5/c1-48(2)37-22-20-31(46(49)30-19-21-33-34-14-6-8-16-38(34)52-27-26-51-47(52)36(33)28-30)29-42(37)54(43-18-10-11-25-50-43)41-24-23-40-44(45(41)48)35-15-7-9-17-39(35)53(40)32-12-4-3-5-13-32/h3-29,46H,1-2H3. The molecule has 5 nitrogen and oxygen atoms in total. The number of nitrogens with zero attached hydrogens (tertiary/aromatic N) is 5. The van der Waals surface area contributed by atoms with Crippen molar-refractivity contribution in [3.63, 3.8) is 0 Å². The maximum atomic E-state index is 17.1. The summed E-state index contributed by atoms with van der Waals surface area (Å²) in [5, 5.41) is 5.51. The van der Waals surface area contributed by atoms with E-state index in [4.69, 9.17) is 9.97 Å². The van der Waals surface area contributed by atoms with Gasteiger partial charge in [-0.05, 0) is 88.3 Å². The lowest BCUT2D eigenvalue weighted by Crippen LogP contribution is -2.31. The van der Waals surface area contributed by atoms with Gasteiger partial charge in [0.05, 0.1) is 27.9 Å². The monoisotopic (exact) mass is 699 g/mol. The van der Waals surface area contributed by atoms with Gasteiger partial charge in [-0.3, -0.25) is 9.30 Å². The first-order valence-corrected chi connectivity index (χ1v) is 18.4. The average molecular weight is 700 g/mol. The Morgan fingerprint density at radius 2 is 1.31 bits per heavy atom. The molecule has 1 aliphatic heterocycles. The molecule has 0 saturated heterocycles. The number of imidazole rings is 1. The predicted octanol–water partition coefficient (Wildman–Crippen LogP) is 12.3. The van der Waals surface area contributed by atoms with Gasteiger partial charge < -0.3 is 4.57 Å². The van der Waals surface area contributed by atoms with Crippen LogP contribution >= 0.6 is 0 Å². The summed E-state index contributed by atoms with van der Waals surface area (Å²) in [6.07, 6.45) is 4.25. The zero-order valence-electron chi connectivity index (χ0n) is 29.8. The van der Waals surface area contributed by atoms with Crippen molar-refractivity contribution in [1.82, 2.24) is 18.9 Å². The summed E-state index contributed by atoms with van der Waals surface area (Å²) in [4.78, 5) is 11.8. The fraction of sp³-hybridized carbons (Fsp3) is 0.0833. The van der Waals surface area contributed by atoms with Crippen molar-refractivity contribution in [2.75, 3.05) is 4.90 Å². The number of benzene rings is 6. The molecular weight excluding hydrogens is 666 g/mol. The molecular formula is C48H34FN5. The van der Waals surface area contributed by atoms with Crippen LogP contribution in [0.3, 0.4) is 0 Å². The number of hydrogen-bond acceptors (Lipinski definition) is 3. The first kappa shape index (κ1) is 30.8. The van der Waals surface area contributed by atoms with Gasteiger partial charge in [0.15, 0.2) is 6.17 Å². The summed E-state index contributed by atoms with van der Waals surface area (Å²) in [5.41, 5.74) is 10.4. The fourth-order valence-corrected chi connectivity index (χ4v) is 9.08. The molecule has 4 aromatic heterocycles. The second kappa shape index (κ2) is 11.4. The van der Waals surface area contributed by atoms with E-state index in [0.717, 1.165) is 66.8 Å². The number of alkyl halides is 1. The van der Waals surface area contributed by atoms with E-state index in [1.165, 1.54) is 16.3 Å².